The van der Waals surface area contributed by atoms with Crippen molar-refractivity contribution in [2.24, 2.45) is 0 Å². The second-order valence-corrected chi connectivity index (χ2v) is 3.77. The predicted octanol–water partition coefficient (Wildman–Crippen LogP) is 2.39. The van der Waals surface area contributed by atoms with Crippen LogP contribution in [0.3, 0.4) is 0 Å². The first kappa shape index (κ1) is 13.2. The van der Waals surface area contributed by atoms with Gasteiger partial charge in [-0.2, -0.15) is 0 Å². The van der Waals surface area contributed by atoms with Crippen molar-refractivity contribution in [2.75, 3.05) is 6.54 Å². The second kappa shape index (κ2) is 6.68. The van der Waals surface area contributed by atoms with E-state index in [0.29, 0.717) is 5.56 Å². The van der Waals surface area contributed by atoms with Crippen LogP contribution in [0.2, 0.25) is 0 Å². The third-order valence-electron chi connectivity index (χ3n) is 2.37. The molecule has 4 heteroatoms. The number of hydrogen-bond acceptors (Lipinski definition) is 3. The van der Waals surface area contributed by atoms with Gasteiger partial charge in [-0.1, -0.05) is 37.3 Å². The average molecular weight is 235 g/mol. The third kappa shape index (κ3) is 4.68. The van der Waals surface area contributed by atoms with Crippen LogP contribution in [0.5, 0.6) is 0 Å². The van der Waals surface area contributed by atoms with Gasteiger partial charge in [-0.05, 0) is 13.3 Å². The van der Waals surface area contributed by atoms with Crippen molar-refractivity contribution >= 4 is 11.9 Å². The van der Waals surface area contributed by atoms with E-state index in [1.807, 2.05) is 13.0 Å². The maximum atomic E-state index is 11.6. The number of Topliss-reactive ketones (excluding diaryl/α,β-unsaturated/α-hetero) is 1. The third-order valence-corrected chi connectivity index (χ3v) is 2.37. The smallest absolute Gasteiger partial charge is 0.407 e. The topological polar surface area (TPSA) is 55.4 Å². The Labute approximate surface area is 101 Å². The molecule has 0 fully saturated rings. The number of hydrogen-bond donors (Lipinski definition) is 1. The Bertz CT molecular complexity index is 376. The molecule has 92 valence electrons. The number of ketones is 1. The molecule has 0 radical (unpaired) electrons. The zero-order valence-corrected chi connectivity index (χ0v) is 10.1. The molecule has 0 aromatic heterocycles. The van der Waals surface area contributed by atoms with E-state index < -0.39 is 6.09 Å². The van der Waals surface area contributed by atoms with Gasteiger partial charge in [-0.15, -0.1) is 0 Å². The number of nitrogens with one attached hydrogen (secondary N) is 1. The molecule has 0 aliphatic heterocycles. The lowest BCUT2D eigenvalue weighted by Crippen LogP contribution is -2.32. The lowest BCUT2D eigenvalue weighted by atomic mass is 10.1. The highest BCUT2D eigenvalue weighted by Crippen LogP contribution is 1.99. The summed E-state index contributed by atoms with van der Waals surface area (Å²) in [6.07, 6.45) is 0.0607. The molecule has 0 aliphatic carbocycles. The van der Waals surface area contributed by atoms with E-state index in [-0.39, 0.29) is 18.4 Å². The Morgan fingerprint density at radius 1 is 1.29 bits per heavy atom. The van der Waals surface area contributed by atoms with Crippen LogP contribution < -0.4 is 5.32 Å². The van der Waals surface area contributed by atoms with E-state index in [4.69, 9.17) is 4.74 Å². The molecule has 1 unspecified atom stereocenters. The molecule has 0 saturated carbocycles. The second-order valence-electron chi connectivity index (χ2n) is 3.77. The Hall–Kier alpha value is -1.84. The Kier molecular flexibility index (Phi) is 5.20. The Morgan fingerprint density at radius 2 is 1.94 bits per heavy atom. The first-order valence-corrected chi connectivity index (χ1v) is 5.66. The first-order chi connectivity index (χ1) is 8.13. The summed E-state index contributed by atoms with van der Waals surface area (Å²) in [4.78, 5) is 22.9. The highest BCUT2D eigenvalue weighted by molar-refractivity contribution is 5.98. The highest BCUT2D eigenvalue weighted by Gasteiger charge is 2.10. The fourth-order valence-electron chi connectivity index (χ4n) is 1.19. The van der Waals surface area contributed by atoms with Crippen molar-refractivity contribution in [3.63, 3.8) is 0 Å². The minimum Gasteiger partial charge on any atom is -0.447 e. The molecule has 0 bridgehead atoms. The average Bonchev–Trinajstić information content (AvgIpc) is 2.36. The van der Waals surface area contributed by atoms with Crippen LogP contribution in [0.4, 0.5) is 4.79 Å². The molecule has 0 saturated heterocycles. The summed E-state index contributed by atoms with van der Waals surface area (Å²) >= 11 is 0. The molecule has 1 N–H and O–H groups in total. The quantitative estimate of drug-likeness (QED) is 0.797. The van der Waals surface area contributed by atoms with Gasteiger partial charge in [0.25, 0.3) is 0 Å². The SMILES string of the molecule is CCC(C)OC(=O)NCC(=O)c1ccccc1. The van der Waals surface area contributed by atoms with Crippen molar-refractivity contribution < 1.29 is 14.3 Å². The van der Waals surface area contributed by atoms with Gasteiger partial charge in [0.05, 0.1) is 6.54 Å². The summed E-state index contributed by atoms with van der Waals surface area (Å²) in [6, 6.07) is 8.82. The fourth-order valence-corrected chi connectivity index (χ4v) is 1.19. The summed E-state index contributed by atoms with van der Waals surface area (Å²) in [5.74, 6) is -0.133. The van der Waals surface area contributed by atoms with Gasteiger partial charge >= 0.3 is 6.09 Å². The first-order valence-electron chi connectivity index (χ1n) is 5.66. The van der Waals surface area contributed by atoms with Gasteiger partial charge < -0.3 is 10.1 Å². The van der Waals surface area contributed by atoms with Crippen molar-refractivity contribution in [3.05, 3.63) is 35.9 Å². The molecule has 0 aliphatic rings. The van der Waals surface area contributed by atoms with Crippen LogP contribution in [-0.4, -0.2) is 24.5 Å². The van der Waals surface area contributed by atoms with E-state index in [0.717, 1.165) is 6.42 Å². The highest BCUT2D eigenvalue weighted by atomic mass is 16.6. The van der Waals surface area contributed by atoms with Gasteiger partial charge in [0, 0.05) is 5.56 Å². The van der Waals surface area contributed by atoms with E-state index in [1.165, 1.54) is 0 Å². The van der Waals surface area contributed by atoms with Gasteiger partial charge in [-0.3, -0.25) is 4.79 Å². The number of amides is 1. The Balaban J connectivity index is 2.36. The Morgan fingerprint density at radius 3 is 2.53 bits per heavy atom. The predicted molar refractivity (Wildman–Crippen MR) is 65.0 cm³/mol. The number of carbonyl (C=O) groups excluding carboxylic acids is 2. The molecular weight excluding hydrogens is 218 g/mol. The fraction of sp³-hybridized carbons (Fsp3) is 0.385. The molecule has 17 heavy (non-hydrogen) atoms. The van der Waals surface area contributed by atoms with Gasteiger partial charge in [0.15, 0.2) is 5.78 Å². The van der Waals surface area contributed by atoms with Crippen LogP contribution in [-0.2, 0) is 4.74 Å². The van der Waals surface area contributed by atoms with E-state index in [2.05, 4.69) is 5.32 Å². The molecule has 1 rings (SSSR count). The van der Waals surface area contributed by atoms with Crippen molar-refractivity contribution in [2.45, 2.75) is 26.4 Å². The van der Waals surface area contributed by atoms with Gasteiger partial charge in [-0.25, -0.2) is 4.79 Å². The van der Waals surface area contributed by atoms with Crippen molar-refractivity contribution in [1.82, 2.24) is 5.32 Å². The van der Waals surface area contributed by atoms with Gasteiger partial charge in [0.1, 0.15) is 6.10 Å². The molecule has 0 heterocycles. The molecule has 4 nitrogen and oxygen atoms in total. The number of carbonyl (C=O) groups is 2. The van der Waals surface area contributed by atoms with Gasteiger partial charge in [0.2, 0.25) is 0 Å². The van der Waals surface area contributed by atoms with Crippen LogP contribution in [0.25, 0.3) is 0 Å². The van der Waals surface area contributed by atoms with Crippen LogP contribution in [0.15, 0.2) is 30.3 Å². The summed E-state index contributed by atoms with van der Waals surface area (Å²) in [6.45, 7) is 3.69. The summed E-state index contributed by atoms with van der Waals surface area (Å²) in [7, 11) is 0. The lowest BCUT2D eigenvalue weighted by Gasteiger charge is -2.11. The summed E-state index contributed by atoms with van der Waals surface area (Å²) < 4.78 is 4.98. The molecule has 1 aromatic carbocycles. The molecular formula is C13H17NO3. The maximum absolute atomic E-state index is 11.6. The number of benzene rings is 1. The van der Waals surface area contributed by atoms with Crippen LogP contribution in [0.1, 0.15) is 30.6 Å². The van der Waals surface area contributed by atoms with Crippen LogP contribution >= 0.6 is 0 Å². The minimum atomic E-state index is -0.552. The molecule has 0 spiro atoms. The zero-order chi connectivity index (χ0) is 12.7. The number of rotatable bonds is 5. The van der Waals surface area contributed by atoms with E-state index >= 15 is 0 Å². The van der Waals surface area contributed by atoms with E-state index in [1.54, 1.807) is 31.2 Å². The monoisotopic (exact) mass is 235 g/mol. The molecule has 1 aromatic rings. The van der Waals surface area contributed by atoms with E-state index in [9.17, 15) is 9.59 Å². The molecule has 1 amide bonds. The normalized spacial score (nSPS) is 11.6. The van der Waals surface area contributed by atoms with Crippen molar-refractivity contribution in [3.8, 4) is 0 Å². The molecule has 1 atom stereocenters. The standard InChI is InChI=1S/C13H17NO3/c1-3-10(2)17-13(16)14-9-12(15)11-7-5-4-6-8-11/h4-8,10H,3,9H2,1-2H3,(H,14,16). The van der Waals surface area contributed by atoms with Crippen LogP contribution in [0, 0.1) is 0 Å². The summed E-state index contributed by atoms with van der Waals surface area (Å²) in [5.41, 5.74) is 0.580. The maximum Gasteiger partial charge on any atom is 0.407 e. The summed E-state index contributed by atoms with van der Waals surface area (Å²) in [5, 5.41) is 2.44. The zero-order valence-electron chi connectivity index (χ0n) is 10.1. The lowest BCUT2D eigenvalue weighted by molar-refractivity contribution is 0.0926. The number of ether oxygens (including phenoxy) is 1. The number of alkyl carbamates (subject to hydrolysis) is 1. The van der Waals surface area contributed by atoms with Crippen molar-refractivity contribution in [1.29, 1.82) is 0 Å². The largest absolute Gasteiger partial charge is 0.447 e. The minimum absolute atomic E-state index is 0.0424.